The second kappa shape index (κ2) is 8.49. The van der Waals surface area contributed by atoms with Crippen molar-refractivity contribution >= 4 is 17.6 Å². The summed E-state index contributed by atoms with van der Waals surface area (Å²) in [7, 11) is 0. The van der Waals surface area contributed by atoms with Crippen molar-refractivity contribution in [1.82, 2.24) is 4.98 Å². The third-order valence-corrected chi connectivity index (χ3v) is 3.21. The van der Waals surface area contributed by atoms with Gasteiger partial charge in [-0.15, -0.1) is 0 Å². The lowest BCUT2D eigenvalue weighted by atomic mass is 10.3. The molecule has 0 N–H and O–H groups in total. The number of para-hydroxylation sites is 2. The summed E-state index contributed by atoms with van der Waals surface area (Å²) in [6.45, 7) is 3.50. The molecule has 0 spiro atoms. The van der Waals surface area contributed by atoms with Gasteiger partial charge in [-0.25, -0.2) is 14.2 Å². The van der Waals surface area contributed by atoms with Gasteiger partial charge in [0.2, 0.25) is 5.88 Å². The van der Waals surface area contributed by atoms with Gasteiger partial charge in [-0.05, 0) is 31.5 Å². The van der Waals surface area contributed by atoms with Crippen molar-refractivity contribution in [2.75, 3.05) is 13.2 Å². The van der Waals surface area contributed by atoms with Crippen LogP contribution >= 0.6 is 11.6 Å². The molecule has 128 valence electrons. The molecule has 0 saturated carbocycles. The molecule has 0 atom stereocenters. The van der Waals surface area contributed by atoms with Crippen molar-refractivity contribution in [3.8, 4) is 17.4 Å². The van der Waals surface area contributed by atoms with E-state index in [0.717, 1.165) is 12.5 Å². The molecule has 0 aliphatic heterocycles. The number of hydrogen-bond acceptors (Lipinski definition) is 5. The van der Waals surface area contributed by atoms with Gasteiger partial charge in [0, 0.05) is 0 Å². The average molecular weight is 354 g/mol. The Morgan fingerprint density at radius 1 is 1.29 bits per heavy atom. The van der Waals surface area contributed by atoms with Crippen LogP contribution in [0.15, 0.2) is 30.3 Å². The molecule has 1 aromatic carbocycles. The first-order chi connectivity index (χ1) is 11.5. The minimum absolute atomic E-state index is 0.0373. The highest BCUT2D eigenvalue weighted by molar-refractivity contribution is 6.31. The third-order valence-electron chi connectivity index (χ3n) is 2.94. The van der Waals surface area contributed by atoms with E-state index >= 15 is 0 Å². The molecule has 1 aromatic heterocycles. The Bertz CT molecular complexity index is 724. The Morgan fingerprint density at radius 2 is 2.00 bits per heavy atom. The lowest BCUT2D eigenvalue weighted by Crippen LogP contribution is -2.15. The van der Waals surface area contributed by atoms with Crippen LogP contribution in [0.1, 0.15) is 19.0 Å². The maximum atomic E-state index is 13.4. The van der Waals surface area contributed by atoms with E-state index in [1.807, 2.05) is 6.92 Å². The molecule has 7 heteroatoms. The molecule has 2 aromatic rings. The minimum atomic E-state index is -0.518. The van der Waals surface area contributed by atoms with Crippen molar-refractivity contribution in [1.29, 1.82) is 0 Å². The van der Waals surface area contributed by atoms with Gasteiger partial charge in [0.05, 0.1) is 12.3 Å². The van der Waals surface area contributed by atoms with Crippen LogP contribution in [0.2, 0.25) is 5.02 Å². The molecule has 24 heavy (non-hydrogen) atoms. The molecule has 2 rings (SSSR count). The molecule has 5 nitrogen and oxygen atoms in total. The van der Waals surface area contributed by atoms with E-state index in [-0.39, 0.29) is 23.2 Å². The van der Waals surface area contributed by atoms with Crippen LogP contribution < -0.4 is 9.47 Å². The van der Waals surface area contributed by atoms with Gasteiger partial charge < -0.3 is 14.2 Å². The topological polar surface area (TPSA) is 57.7 Å². The number of hydrogen-bond donors (Lipinski definition) is 0. The molecule has 0 bridgehead atoms. The fourth-order valence-corrected chi connectivity index (χ4v) is 1.94. The summed E-state index contributed by atoms with van der Waals surface area (Å²) in [5, 5.41) is 0.0373. The van der Waals surface area contributed by atoms with E-state index in [9.17, 15) is 9.18 Å². The van der Waals surface area contributed by atoms with Crippen LogP contribution in [-0.2, 0) is 9.53 Å². The summed E-state index contributed by atoms with van der Waals surface area (Å²) in [5.41, 5.74) is 0.163. The smallest absolute Gasteiger partial charge is 0.344 e. The van der Waals surface area contributed by atoms with E-state index in [0.29, 0.717) is 18.1 Å². The quantitative estimate of drug-likeness (QED) is 0.694. The molecule has 0 unspecified atom stereocenters. The second-order valence-electron chi connectivity index (χ2n) is 4.90. The van der Waals surface area contributed by atoms with Crippen LogP contribution in [-0.4, -0.2) is 24.2 Å². The molecule has 0 fully saturated rings. The summed E-state index contributed by atoms with van der Waals surface area (Å²) in [6.07, 6.45) is 0.736. The van der Waals surface area contributed by atoms with Crippen LogP contribution in [0, 0.1) is 12.7 Å². The summed E-state index contributed by atoms with van der Waals surface area (Å²) >= 11 is 5.95. The zero-order valence-corrected chi connectivity index (χ0v) is 14.1. The van der Waals surface area contributed by atoms with E-state index in [1.54, 1.807) is 24.3 Å². The van der Waals surface area contributed by atoms with Crippen molar-refractivity contribution in [3.63, 3.8) is 0 Å². The van der Waals surface area contributed by atoms with E-state index in [1.165, 1.54) is 6.92 Å². The highest BCUT2D eigenvalue weighted by Crippen LogP contribution is 2.34. The van der Waals surface area contributed by atoms with Gasteiger partial charge in [0.15, 0.2) is 18.1 Å². The Kier molecular flexibility index (Phi) is 6.37. The second-order valence-corrected chi connectivity index (χ2v) is 5.31. The monoisotopic (exact) mass is 353 g/mol. The number of ether oxygens (including phenoxy) is 3. The zero-order chi connectivity index (χ0) is 17.5. The number of esters is 1. The minimum Gasteiger partial charge on any atom is -0.478 e. The zero-order valence-electron chi connectivity index (χ0n) is 13.3. The number of nitrogens with zero attached hydrogens (tertiary/aromatic N) is 1. The highest BCUT2D eigenvalue weighted by Gasteiger charge is 2.13. The molecule has 1 heterocycles. The maximum absolute atomic E-state index is 13.4. The first kappa shape index (κ1) is 18.0. The molecule has 0 aliphatic rings. The van der Waals surface area contributed by atoms with E-state index < -0.39 is 11.8 Å². The van der Waals surface area contributed by atoms with Gasteiger partial charge >= 0.3 is 5.97 Å². The summed E-state index contributed by atoms with van der Waals surface area (Å²) in [5.74, 6) is -0.303. The van der Waals surface area contributed by atoms with Crippen LogP contribution in [0.25, 0.3) is 0 Å². The fraction of sp³-hybridized carbons (Fsp3) is 0.294. The summed E-state index contributed by atoms with van der Waals surface area (Å²) in [6, 6.07) is 7.84. The average Bonchev–Trinajstić information content (AvgIpc) is 2.57. The van der Waals surface area contributed by atoms with Crippen LogP contribution in [0.5, 0.6) is 17.4 Å². The lowest BCUT2D eigenvalue weighted by Gasteiger charge is -2.12. The number of aromatic nitrogens is 1. The molecule has 0 aliphatic carbocycles. The third kappa shape index (κ3) is 4.83. The first-order valence-corrected chi connectivity index (χ1v) is 7.77. The Morgan fingerprint density at radius 3 is 2.71 bits per heavy atom. The van der Waals surface area contributed by atoms with Crippen molar-refractivity contribution < 1.29 is 23.4 Å². The van der Waals surface area contributed by atoms with Crippen molar-refractivity contribution in [2.45, 2.75) is 20.3 Å². The van der Waals surface area contributed by atoms with Crippen molar-refractivity contribution in [2.24, 2.45) is 0 Å². The fourth-order valence-electron chi connectivity index (χ4n) is 1.76. The number of benzene rings is 1. The molecule has 0 radical (unpaired) electrons. The van der Waals surface area contributed by atoms with Gasteiger partial charge in [0.1, 0.15) is 10.8 Å². The highest BCUT2D eigenvalue weighted by atomic mass is 35.5. The number of pyridine rings is 1. The molecular formula is C17H17ClFNO4. The van der Waals surface area contributed by atoms with Gasteiger partial charge in [-0.3, -0.25) is 0 Å². The molecule has 0 amide bonds. The number of aryl methyl sites for hydroxylation is 1. The normalized spacial score (nSPS) is 10.3. The predicted octanol–water partition coefficient (Wildman–Crippen LogP) is 4.31. The number of rotatable bonds is 7. The van der Waals surface area contributed by atoms with Gasteiger partial charge in [0.25, 0.3) is 0 Å². The standard InChI is InChI=1S/C17H17ClFNO4/c1-3-8-22-16(21)10-23-14-6-4-5-7-15(14)24-17-12(18)9-13(19)11(2)20-17/h4-7,9H,3,8,10H2,1-2H3. The maximum Gasteiger partial charge on any atom is 0.344 e. The Hall–Kier alpha value is -2.34. The van der Waals surface area contributed by atoms with Gasteiger partial charge in [-0.1, -0.05) is 30.7 Å². The van der Waals surface area contributed by atoms with Crippen molar-refractivity contribution in [3.05, 3.63) is 46.9 Å². The Balaban J connectivity index is 2.12. The predicted molar refractivity (Wildman–Crippen MR) is 87.2 cm³/mol. The summed E-state index contributed by atoms with van der Waals surface area (Å²) in [4.78, 5) is 15.5. The van der Waals surface area contributed by atoms with Gasteiger partial charge in [-0.2, -0.15) is 0 Å². The largest absolute Gasteiger partial charge is 0.478 e. The molecule has 0 saturated heterocycles. The Labute approximate surface area is 144 Å². The van der Waals surface area contributed by atoms with Crippen LogP contribution in [0.4, 0.5) is 4.39 Å². The lowest BCUT2D eigenvalue weighted by molar-refractivity contribution is -0.146. The molecular weight excluding hydrogens is 337 g/mol. The SMILES string of the molecule is CCCOC(=O)COc1ccccc1Oc1nc(C)c(F)cc1Cl. The first-order valence-electron chi connectivity index (χ1n) is 7.39. The van der Waals surface area contributed by atoms with Crippen LogP contribution in [0.3, 0.4) is 0 Å². The number of carbonyl (C=O) groups is 1. The summed E-state index contributed by atoms with van der Waals surface area (Å²) < 4.78 is 29.4. The number of halogens is 2. The van der Waals surface area contributed by atoms with E-state index in [4.69, 9.17) is 25.8 Å². The van der Waals surface area contributed by atoms with E-state index in [2.05, 4.69) is 4.98 Å². The number of carbonyl (C=O) groups excluding carboxylic acids is 1.